The molecular weight excluding hydrogens is 433 g/mol. The van der Waals surface area contributed by atoms with Gasteiger partial charge in [0.1, 0.15) is 0 Å². The number of hydrogen-bond donors (Lipinski definition) is 1. The SMILES string of the molecule is CCNC(=NCCCOCC1CCCO1)N1CCC(OCC)CC1.I. The molecule has 1 unspecified atom stereocenters. The van der Waals surface area contributed by atoms with Crippen molar-refractivity contribution in [1.29, 1.82) is 0 Å². The van der Waals surface area contributed by atoms with Gasteiger partial charge in [0.05, 0.1) is 18.8 Å². The Morgan fingerprint density at radius 2 is 2.04 bits per heavy atom. The Morgan fingerprint density at radius 3 is 2.68 bits per heavy atom. The molecule has 6 nitrogen and oxygen atoms in total. The van der Waals surface area contributed by atoms with Crippen molar-refractivity contribution in [2.75, 3.05) is 52.6 Å². The highest BCUT2D eigenvalue weighted by Gasteiger charge is 2.21. The van der Waals surface area contributed by atoms with E-state index in [-0.39, 0.29) is 24.0 Å². The van der Waals surface area contributed by atoms with Crippen LogP contribution in [0.1, 0.15) is 46.0 Å². The lowest BCUT2D eigenvalue weighted by Crippen LogP contribution is -2.47. The van der Waals surface area contributed by atoms with E-state index in [1.165, 1.54) is 6.42 Å². The number of ether oxygens (including phenoxy) is 3. The summed E-state index contributed by atoms with van der Waals surface area (Å²) in [6.07, 6.45) is 6.17. The maximum absolute atomic E-state index is 5.72. The number of likely N-dealkylation sites (tertiary alicyclic amines) is 1. The minimum Gasteiger partial charge on any atom is -0.379 e. The average molecular weight is 469 g/mol. The fourth-order valence-corrected chi connectivity index (χ4v) is 3.24. The van der Waals surface area contributed by atoms with Crippen molar-refractivity contribution in [1.82, 2.24) is 10.2 Å². The van der Waals surface area contributed by atoms with Crippen LogP contribution in [0.5, 0.6) is 0 Å². The Labute approximate surface area is 170 Å². The first-order valence-corrected chi connectivity index (χ1v) is 9.67. The van der Waals surface area contributed by atoms with Gasteiger partial charge in [0.25, 0.3) is 0 Å². The molecule has 0 aromatic rings. The molecule has 1 atom stereocenters. The molecule has 2 saturated heterocycles. The van der Waals surface area contributed by atoms with E-state index in [0.717, 1.165) is 84.2 Å². The van der Waals surface area contributed by atoms with E-state index in [9.17, 15) is 0 Å². The van der Waals surface area contributed by atoms with Crippen molar-refractivity contribution in [2.45, 2.75) is 58.2 Å². The number of nitrogens with one attached hydrogen (secondary N) is 1. The lowest BCUT2D eigenvalue weighted by Gasteiger charge is -2.34. The molecule has 0 saturated carbocycles. The van der Waals surface area contributed by atoms with Gasteiger partial charge < -0.3 is 24.4 Å². The van der Waals surface area contributed by atoms with Crippen LogP contribution < -0.4 is 5.32 Å². The molecule has 2 rings (SSSR count). The first-order valence-electron chi connectivity index (χ1n) is 9.67. The van der Waals surface area contributed by atoms with Crippen LogP contribution in [0.15, 0.2) is 4.99 Å². The average Bonchev–Trinajstić information content (AvgIpc) is 3.11. The lowest BCUT2D eigenvalue weighted by atomic mass is 10.1. The Kier molecular flexibility index (Phi) is 12.8. The van der Waals surface area contributed by atoms with Gasteiger partial charge in [-0.25, -0.2) is 0 Å². The van der Waals surface area contributed by atoms with Crippen LogP contribution in [0.4, 0.5) is 0 Å². The molecule has 1 N–H and O–H groups in total. The van der Waals surface area contributed by atoms with Crippen LogP contribution in [0.2, 0.25) is 0 Å². The number of rotatable bonds is 9. The van der Waals surface area contributed by atoms with E-state index in [1.54, 1.807) is 0 Å². The van der Waals surface area contributed by atoms with Crippen molar-refractivity contribution >= 4 is 29.9 Å². The predicted octanol–water partition coefficient (Wildman–Crippen LogP) is 2.66. The predicted molar refractivity (Wildman–Crippen MR) is 112 cm³/mol. The molecule has 7 heteroatoms. The van der Waals surface area contributed by atoms with Gasteiger partial charge in [0.15, 0.2) is 5.96 Å². The molecule has 2 fully saturated rings. The van der Waals surface area contributed by atoms with Gasteiger partial charge in [0, 0.05) is 46.0 Å². The second-order valence-electron chi connectivity index (χ2n) is 6.44. The number of guanidine groups is 1. The first-order chi connectivity index (χ1) is 11.8. The van der Waals surface area contributed by atoms with Crippen molar-refractivity contribution in [2.24, 2.45) is 4.99 Å². The number of aliphatic imine (C=N–C) groups is 1. The van der Waals surface area contributed by atoms with Crippen molar-refractivity contribution in [3.8, 4) is 0 Å². The molecule has 148 valence electrons. The maximum Gasteiger partial charge on any atom is 0.193 e. The highest BCUT2D eigenvalue weighted by atomic mass is 127. The molecule has 2 heterocycles. The van der Waals surface area contributed by atoms with Gasteiger partial charge in [-0.2, -0.15) is 0 Å². The topological polar surface area (TPSA) is 55.3 Å². The van der Waals surface area contributed by atoms with E-state index in [4.69, 9.17) is 19.2 Å². The summed E-state index contributed by atoms with van der Waals surface area (Å²) in [6, 6.07) is 0. The van der Waals surface area contributed by atoms with Crippen LogP contribution in [0, 0.1) is 0 Å². The van der Waals surface area contributed by atoms with Gasteiger partial charge in [-0.15, -0.1) is 24.0 Å². The molecule has 0 radical (unpaired) electrons. The fourth-order valence-electron chi connectivity index (χ4n) is 3.24. The third-order valence-electron chi connectivity index (χ3n) is 4.51. The molecule has 25 heavy (non-hydrogen) atoms. The van der Waals surface area contributed by atoms with Crippen LogP contribution in [0.25, 0.3) is 0 Å². The van der Waals surface area contributed by atoms with Crippen molar-refractivity contribution in [3.63, 3.8) is 0 Å². The van der Waals surface area contributed by atoms with E-state index in [2.05, 4.69) is 24.1 Å². The second kappa shape index (κ2) is 14.0. The summed E-state index contributed by atoms with van der Waals surface area (Å²) in [5.74, 6) is 1.03. The quantitative estimate of drug-likeness (QED) is 0.244. The molecule has 0 aliphatic carbocycles. The Morgan fingerprint density at radius 1 is 1.24 bits per heavy atom. The maximum atomic E-state index is 5.72. The third kappa shape index (κ3) is 8.88. The van der Waals surface area contributed by atoms with E-state index < -0.39 is 0 Å². The molecule has 0 aromatic heterocycles. The Bertz CT molecular complexity index is 357. The summed E-state index contributed by atoms with van der Waals surface area (Å²) in [4.78, 5) is 7.11. The molecule has 0 bridgehead atoms. The molecule has 2 aliphatic rings. The highest BCUT2D eigenvalue weighted by molar-refractivity contribution is 14.0. The fraction of sp³-hybridized carbons (Fsp3) is 0.944. The minimum atomic E-state index is 0. The van der Waals surface area contributed by atoms with Crippen molar-refractivity contribution in [3.05, 3.63) is 0 Å². The first kappa shape index (κ1) is 22.9. The van der Waals surface area contributed by atoms with Gasteiger partial charge in [-0.3, -0.25) is 4.99 Å². The molecule has 0 aromatic carbocycles. The third-order valence-corrected chi connectivity index (χ3v) is 4.51. The minimum absolute atomic E-state index is 0. The van der Waals surface area contributed by atoms with E-state index in [1.807, 2.05) is 0 Å². The molecular formula is C18H36IN3O3. The second-order valence-corrected chi connectivity index (χ2v) is 6.44. The zero-order chi connectivity index (χ0) is 17.0. The Hall–Kier alpha value is -0.120. The smallest absolute Gasteiger partial charge is 0.193 e. The van der Waals surface area contributed by atoms with Crippen LogP contribution in [-0.2, 0) is 14.2 Å². The van der Waals surface area contributed by atoms with Crippen molar-refractivity contribution < 1.29 is 14.2 Å². The van der Waals surface area contributed by atoms with E-state index >= 15 is 0 Å². The van der Waals surface area contributed by atoms with Crippen LogP contribution in [0.3, 0.4) is 0 Å². The number of nitrogens with zero attached hydrogens (tertiary/aromatic N) is 2. The zero-order valence-corrected chi connectivity index (χ0v) is 18.2. The number of hydrogen-bond acceptors (Lipinski definition) is 4. The highest BCUT2D eigenvalue weighted by Crippen LogP contribution is 2.14. The largest absolute Gasteiger partial charge is 0.379 e. The van der Waals surface area contributed by atoms with Crippen LogP contribution >= 0.6 is 24.0 Å². The van der Waals surface area contributed by atoms with Gasteiger partial charge >= 0.3 is 0 Å². The molecule has 0 spiro atoms. The van der Waals surface area contributed by atoms with Crippen LogP contribution in [-0.4, -0.2) is 75.7 Å². The Balaban J connectivity index is 0.00000312. The number of piperidine rings is 1. The zero-order valence-electron chi connectivity index (χ0n) is 15.9. The lowest BCUT2D eigenvalue weighted by molar-refractivity contribution is 0.0170. The van der Waals surface area contributed by atoms with E-state index in [0.29, 0.717) is 12.2 Å². The van der Waals surface area contributed by atoms with Gasteiger partial charge in [0.2, 0.25) is 0 Å². The molecule has 0 amide bonds. The summed E-state index contributed by atoms with van der Waals surface area (Å²) in [6.45, 7) is 11.1. The summed E-state index contributed by atoms with van der Waals surface area (Å²) >= 11 is 0. The monoisotopic (exact) mass is 469 g/mol. The standard InChI is InChI=1S/C18H35N3O3.HI/c1-3-19-18(21-11-8-16(9-12-21)23-4-2)20-10-6-13-22-15-17-7-5-14-24-17;/h16-17H,3-15H2,1-2H3,(H,19,20);1H. The van der Waals surface area contributed by atoms with Gasteiger partial charge in [-0.1, -0.05) is 0 Å². The van der Waals surface area contributed by atoms with Gasteiger partial charge in [-0.05, 0) is 46.0 Å². The number of halogens is 1. The summed E-state index contributed by atoms with van der Waals surface area (Å²) in [5.41, 5.74) is 0. The summed E-state index contributed by atoms with van der Waals surface area (Å²) < 4.78 is 17.0. The summed E-state index contributed by atoms with van der Waals surface area (Å²) in [7, 11) is 0. The molecule has 2 aliphatic heterocycles. The normalized spacial score (nSPS) is 22.1. The summed E-state index contributed by atoms with van der Waals surface area (Å²) in [5, 5.41) is 3.41.